The number of carbonyl (C=O) groups is 2. The molecule has 0 aromatic carbocycles. The lowest BCUT2D eigenvalue weighted by Crippen LogP contribution is -2.14. The van der Waals surface area contributed by atoms with Crippen molar-refractivity contribution in [2.75, 3.05) is 13.7 Å². The van der Waals surface area contributed by atoms with E-state index in [1.165, 1.54) is 7.11 Å². The highest BCUT2D eigenvalue weighted by atomic mass is 16.5. The van der Waals surface area contributed by atoms with Crippen LogP contribution in [0, 0.1) is 0 Å². The fourth-order valence-electron chi connectivity index (χ4n) is 1.09. The number of allylic oxidation sites excluding steroid dienone is 1. The first-order valence-corrected chi connectivity index (χ1v) is 5.58. The summed E-state index contributed by atoms with van der Waals surface area (Å²) in [5.41, 5.74) is 0.411. The Balaban J connectivity index is 4.22. The van der Waals surface area contributed by atoms with Crippen LogP contribution in [0.4, 0.5) is 0 Å². The van der Waals surface area contributed by atoms with Gasteiger partial charge in [-0.25, -0.2) is 4.79 Å². The smallest absolute Gasteiger partial charge is 0.336 e. The third kappa shape index (κ3) is 6.22. The second-order valence-electron chi connectivity index (χ2n) is 3.42. The minimum absolute atomic E-state index is 0.00546. The van der Waals surface area contributed by atoms with E-state index in [0.717, 1.165) is 19.3 Å². The van der Waals surface area contributed by atoms with Gasteiger partial charge in [0.05, 0.1) is 12.7 Å². The first-order valence-electron chi connectivity index (χ1n) is 5.58. The van der Waals surface area contributed by atoms with E-state index < -0.39 is 5.97 Å². The van der Waals surface area contributed by atoms with Gasteiger partial charge >= 0.3 is 11.9 Å². The zero-order valence-electron chi connectivity index (χ0n) is 10.2. The van der Waals surface area contributed by atoms with Crippen LogP contribution >= 0.6 is 0 Å². The summed E-state index contributed by atoms with van der Waals surface area (Å²) in [5.74, 6) is -0.716. The van der Waals surface area contributed by atoms with Crippen molar-refractivity contribution in [2.45, 2.75) is 39.5 Å². The van der Waals surface area contributed by atoms with Crippen LogP contribution in [0.2, 0.25) is 0 Å². The molecule has 0 N–H and O–H groups in total. The predicted octanol–water partition coefficient (Wildman–Crippen LogP) is 2.23. The minimum atomic E-state index is -0.433. The quantitative estimate of drug-likeness (QED) is 0.495. The Kier molecular flexibility index (Phi) is 8.21. The van der Waals surface area contributed by atoms with Crippen LogP contribution < -0.4 is 0 Å². The molecular formula is C12H20O4. The third-order valence-electron chi connectivity index (χ3n) is 1.97. The van der Waals surface area contributed by atoms with E-state index in [4.69, 9.17) is 4.74 Å². The Labute approximate surface area is 96.6 Å². The van der Waals surface area contributed by atoms with Crippen molar-refractivity contribution in [1.82, 2.24) is 0 Å². The van der Waals surface area contributed by atoms with Gasteiger partial charge in [-0.1, -0.05) is 26.3 Å². The molecule has 0 aliphatic carbocycles. The van der Waals surface area contributed by atoms with Gasteiger partial charge in [-0.3, -0.25) is 4.79 Å². The van der Waals surface area contributed by atoms with E-state index in [9.17, 15) is 9.59 Å². The van der Waals surface area contributed by atoms with Crippen LogP contribution in [0.1, 0.15) is 39.5 Å². The summed E-state index contributed by atoms with van der Waals surface area (Å²) in [6, 6.07) is 0. The molecule has 0 aromatic rings. The molecule has 0 aliphatic heterocycles. The first kappa shape index (κ1) is 14.7. The van der Waals surface area contributed by atoms with Crippen LogP contribution in [0.5, 0.6) is 0 Å². The van der Waals surface area contributed by atoms with Crippen molar-refractivity contribution in [1.29, 1.82) is 0 Å². The normalized spacial score (nSPS) is 11.1. The van der Waals surface area contributed by atoms with Gasteiger partial charge in [0.15, 0.2) is 0 Å². The molecule has 0 spiro atoms. The molecule has 0 aliphatic rings. The summed E-state index contributed by atoms with van der Waals surface area (Å²) in [6.07, 6.45) is 4.58. The number of ether oxygens (including phenoxy) is 2. The van der Waals surface area contributed by atoms with E-state index in [-0.39, 0.29) is 12.6 Å². The molecule has 4 heteroatoms. The molecule has 4 nitrogen and oxygen atoms in total. The van der Waals surface area contributed by atoms with Gasteiger partial charge in [0.25, 0.3) is 0 Å². The van der Waals surface area contributed by atoms with Crippen LogP contribution in [0.3, 0.4) is 0 Å². The SMILES string of the molecule is CCCC=C(COC(=O)CCC)C(=O)OC. The lowest BCUT2D eigenvalue weighted by Gasteiger charge is -2.06. The molecule has 0 fully saturated rings. The highest BCUT2D eigenvalue weighted by Crippen LogP contribution is 2.04. The van der Waals surface area contributed by atoms with Gasteiger partial charge in [-0.2, -0.15) is 0 Å². The zero-order chi connectivity index (χ0) is 12.4. The maximum atomic E-state index is 11.3. The van der Waals surface area contributed by atoms with Crippen LogP contribution in [0.15, 0.2) is 11.6 Å². The average Bonchev–Trinajstić information content (AvgIpc) is 2.28. The van der Waals surface area contributed by atoms with Crippen molar-refractivity contribution in [3.63, 3.8) is 0 Å². The number of esters is 2. The maximum Gasteiger partial charge on any atom is 0.336 e. The zero-order valence-corrected chi connectivity index (χ0v) is 10.2. The van der Waals surface area contributed by atoms with Gasteiger partial charge < -0.3 is 9.47 Å². The Morgan fingerprint density at radius 3 is 2.38 bits per heavy atom. The number of carbonyl (C=O) groups excluding carboxylic acids is 2. The van der Waals surface area contributed by atoms with Gasteiger partial charge in [-0.05, 0) is 12.8 Å². The van der Waals surface area contributed by atoms with Gasteiger partial charge in [-0.15, -0.1) is 0 Å². The molecule has 0 amide bonds. The topological polar surface area (TPSA) is 52.6 Å². The van der Waals surface area contributed by atoms with E-state index in [1.54, 1.807) is 6.08 Å². The molecule has 92 valence electrons. The largest absolute Gasteiger partial charge is 0.466 e. The average molecular weight is 228 g/mol. The summed E-state index contributed by atoms with van der Waals surface area (Å²) in [5, 5.41) is 0. The Hall–Kier alpha value is -1.32. The summed E-state index contributed by atoms with van der Waals surface area (Å²) in [4.78, 5) is 22.4. The molecule has 0 bridgehead atoms. The van der Waals surface area contributed by atoms with Crippen molar-refractivity contribution >= 4 is 11.9 Å². The third-order valence-corrected chi connectivity index (χ3v) is 1.97. The predicted molar refractivity (Wildman–Crippen MR) is 60.9 cm³/mol. The van der Waals surface area contributed by atoms with E-state index in [1.807, 2.05) is 13.8 Å². The summed E-state index contributed by atoms with van der Waals surface area (Å²) in [6.45, 7) is 3.91. The van der Waals surface area contributed by atoms with Crippen molar-refractivity contribution in [3.8, 4) is 0 Å². The minimum Gasteiger partial charge on any atom is -0.466 e. The Bertz CT molecular complexity index is 256. The highest BCUT2D eigenvalue weighted by Gasteiger charge is 2.11. The summed E-state index contributed by atoms with van der Waals surface area (Å²) < 4.78 is 9.56. The van der Waals surface area contributed by atoms with Crippen molar-refractivity contribution < 1.29 is 19.1 Å². The molecule has 0 unspecified atom stereocenters. The Morgan fingerprint density at radius 1 is 1.19 bits per heavy atom. The molecule has 0 saturated carbocycles. The maximum absolute atomic E-state index is 11.3. The number of hydrogen-bond acceptors (Lipinski definition) is 4. The van der Waals surface area contributed by atoms with Gasteiger partial charge in [0.2, 0.25) is 0 Å². The first-order chi connectivity index (χ1) is 7.65. The van der Waals surface area contributed by atoms with Gasteiger partial charge in [0.1, 0.15) is 6.61 Å². The molecule has 0 saturated heterocycles. The van der Waals surface area contributed by atoms with Crippen LogP contribution in [-0.2, 0) is 19.1 Å². The fourth-order valence-corrected chi connectivity index (χ4v) is 1.09. The second-order valence-corrected chi connectivity index (χ2v) is 3.42. The highest BCUT2D eigenvalue weighted by molar-refractivity contribution is 5.89. The van der Waals surface area contributed by atoms with E-state index in [0.29, 0.717) is 12.0 Å². The molecule has 0 heterocycles. The number of unbranched alkanes of at least 4 members (excludes halogenated alkanes) is 1. The summed E-state index contributed by atoms with van der Waals surface area (Å²) in [7, 11) is 1.32. The molecule has 0 rings (SSSR count). The Morgan fingerprint density at radius 2 is 1.88 bits per heavy atom. The monoisotopic (exact) mass is 228 g/mol. The number of methoxy groups -OCH3 is 1. The van der Waals surface area contributed by atoms with E-state index >= 15 is 0 Å². The molecule has 0 atom stereocenters. The van der Waals surface area contributed by atoms with Crippen molar-refractivity contribution in [3.05, 3.63) is 11.6 Å². The van der Waals surface area contributed by atoms with Crippen LogP contribution in [0.25, 0.3) is 0 Å². The molecule has 0 aromatic heterocycles. The number of hydrogen-bond donors (Lipinski definition) is 0. The van der Waals surface area contributed by atoms with E-state index in [2.05, 4.69) is 4.74 Å². The summed E-state index contributed by atoms with van der Waals surface area (Å²) >= 11 is 0. The lowest BCUT2D eigenvalue weighted by atomic mass is 10.2. The number of rotatable bonds is 7. The lowest BCUT2D eigenvalue weighted by molar-refractivity contribution is -0.144. The van der Waals surface area contributed by atoms with Gasteiger partial charge in [0, 0.05) is 6.42 Å². The molecule has 0 radical (unpaired) electrons. The fraction of sp³-hybridized carbons (Fsp3) is 0.667. The standard InChI is InChI=1S/C12H20O4/c1-4-6-8-10(12(14)15-3)9-16-11(13)7-5-2/h8H,4-7,9H2,1-3H3. The molecule has 16 heavy (non-hydrogen) atoms. The second kappa shape index (κ2) is 8.95. The molecular weight excluding hydrogens is 208 g/mol. The van der Waals surface area contributed by atoms with Crippen LogP contribution in [-0.4, -0.2) is 25.7 Å². The van der Waals surface area contributed by atoms with Crippen molar-refractivity contribution in [2.24, 2.45) is 0 Å².